The summed E-state index contributed by atoms with van der Waals surface area (Å²) in [7, 11) is -3.91. The number of aryl methyl sites for hydroxylation is 2. The molecule has 2 aromatic carbocycles. The molecule has 0 aliphatic heterocycles. The molecule has 0 bridgehead atoms. The van der Waals surface area contributed by atoms with Crippen LogP contribution in [-0.4, -0.2) is 32.8 Å². The Labute approximate surface area is 206 Å². The predicted molar refractivity (Wildman–Crippen MR) is 134 cm³/mol. The van der Waals surface area contributed by atoms with Gasteiger partial charge in [0.25, 0.3) is 0 Å². The lowest BCUT2D eigenvalue weighted by Gasteiger charge is -2.34. The fourth-order valence-electron chi connectivity index (χ4n) is 3.75. The van der Waals surface area contributed by atoms with Gasteiger partial charge in [-0.2, -0.15) is 0 Å². The van der Waals surface area contributed by atoms with E-state index in [-0.39, 0.29) is 23.3 Å². The molecule has 1 aromatic heterocycles. The minimum atomic E-state index is -3.91. The number of furan rings is 1. The topological polar surface area (TPSA) is 109 Å². The van der Waals surface area contributed by atoms with E-state index in [0.29, 0.717) is 11.4 Å². The highest BCUT2D eigenvalue weighted by atomic mass is 32.2. The van der Waals surface area contributed by atoms with Crippen molar-refractivity contribution in [2.45, 2.75) is 45.2 Å². The maximum Gasteiger partial charge on any atom is 0.243 e. The summed E-state index contributed by atoms with van der Waals surface area (Å²) in [6, 6.07) is 16.0. The number of amides is 2. The number of hydrogen-bond acceptors (Lipinski definition) is 5. The fraction of sp³-hybridized carbons (Fsp3) is 0.308. The van der Waals surface area contributed by atoms with E-state index in [1.165, 1.54) is 23.3 Å². The van der Waals surface area contributed by atoms with Crippen molar-refractivity contribution in [1.82, 2.24) is 10.0 Å². The number of anilines is 1. The second kappa shape index (κ2) is 11.3. The Balaban J connectivity index is 1.92. The highest BCUT2D eigenvalue weighted by Gasteiger charge is 2.35. The SMILES string of the molecule is Cc1ccc(C)c(N(C(=O)CNS(=O)(=O)c2ccccc2)C(C(=O)NCc2ccco2)C(C)C)c1. The van der Waals surface area contributed by atoms with E-state index in [2.05, 4.69) is 10.0 Å². The van der Waals surface area contributed by atoms with Crippen molar-refractivity contribution < 1.29 is 22.4 Å². The summed E-state index contributed by atoms with van der Waals surface area (Å²) in [5, 5.41) is 2.84. The summed E-state index contributed by atoms with van der Waals surface area (Å²) in [4.78, 5) is 28.4. The Hall–Kier alpha value is -3.43. The third-order valence-electron chi connectivity index (χ3n) is 5.56. The van der Waals surface area contributed by atoms with E-state index >= 15 is 0 Å². The number of nitrogens with one attached hydrogen (secondary N) is 2. The van der Waals surface area contributed by atoms with Crippen molar-refractivity contribution in [3.05, 3.63) is 83.8 Å². The monoisotopic (exact) mass is 497 g/mol. The van der Waals surface area contributed by atoms with Crippen molar-refractivity contribution in [3.8, 4) is 0 Å². The normalized spacial score (nSPS) is 12.4. The summed E-state index contributed by atoms with van der Waals surface area (Å²) < 4.78 is 33.1. The number of benzene rings is 2. The van der Waals surface area contributed by atoms with Gasteiger partial charge in [0.05, 0.1) is 24.2 Å². The molecule has 1 unspecified atom stereocenters. The van der Waals surface area contributed by atoms with Gasteiger partial charge in [-0.3, -0.25) is 14.5 Å². The van der Waals surface area contributed by atoms with Gasteiger partial charge in [0.15, 0.2) is 0 Å². The van der Waals surface area contributed by atoms with Gasteiger partial charge in [0.1, 0.15) is 11.8 Å². The summed E-state index contributed by atoms with van der Waals surface area (Å²) in [5.41, 5.74) is 2.26. The highest BCUT2D eigenvalue weighted by Crippen LogP contribution is 2.27. The molecule has 0 aliphatic rings. The largest absolute Gasteiger partial charge is 0.467 e. The van der Waals surface area contributed by atoms with Gasteiger partial charge >= 0.3 is 0 Å². The molecule has 0 fully saturated rings. The molecule has 0 aliphatic carbocycles. The molecule has 35 heavy (non-hydrogen) atoms. The number of sulfonamides is 1. The lowest BCUT2D eigenvalue weighted by atomic mass is 9.98. The van der Waals surface area contributed by atoms with Crippen LogP contribution in [0, 0.1) is 19.8 Å². The predicted octanol–water partition coefficient (Wildman–Crippen LogP) is 3.55. The van der Waals surface area contributed by atoms with Gasteiger partial charge in [-0.1, -0.05) is 44.2 Å². The van der Waals surface area contributed by atoms with E-state index in [9.17, 15) is 18.0 Å². The van der Waals surface area contributed by atoms with Crippen LogP contribution in [0.25, 0.3) is 0 Å². The summed E-state index contributed by atoms with van der Waals surface area (Å²) in [5.74, 6) is -0.580. The maximum absolute atomic E-state index is 13.6. The van der Waals surface area contributed by atoms with Gasteiger partial charge in [-0.25, -0.2) is 13.1 Å². The van der Waals surface area contributed by atoms with Gasteiger partial charge < -0.3 is 9.73 Å². The number of carbonyl (C=O) groups excluding carboxylic acids is 2. The average molecular weight is 498 g/mol. The second-order valence-electron chi connectivity index (χ2n) is 8.68. The molecule has 9 heteroatoms. The standard InChI is InChI=1S/C26H31N3O5S/c1-18(2)25(26(31)27-16-21-9-8-14-34-21)29(23-15-19(3)12-13-20(23)4)24(30)17-28-35(32,33)22-10-6-5-7-11-22/h5-15,18,25,28H,16-17H2,1-4H3,(H,27,31). The van der Waals surface area contributed by atoms with Gasteiger partial charge in [0.2, 0.25) is 21.8 Å². The summed E-state index contributed by atoms with van der Waals surface area (Å²) in [6.45, 7) is 7.10. The maximum atomic E-state index is 13.6. The Kier molecular flexibility index (Phi) is 8.48. The van der Waals surface area contributed by atoms with E-state index in [4.69, 9.17) is 4.42 Å². The zero-order valence-electron chi connectivity index (χ0n) is 20.3. The molecule has 3 aromatic rings. The van der Waals surface area contributed by atoms with Crippen LogP contribution in [0.1, 0.15) is 30.7 Å². The van der Waals surface area contributed by atoms with E-state index in [0.717, 1.165) is 11.1 Å². The number of rotatable bonds is 10. The minimum Gasteiger partial charge on any atom is -0.467 e. The molecule has 2 amide bonds. The Morgan fingerprint density at radius 3 is 2.34 bits per heavy atom. The van der Waals surface area contributed by atoms with Gasteiger partial charge in [-0.15, -0.1) is 0 Å². The van der Waals surface area contributed by atoms with Crippen molar-refractivity contribution >= 4 is 27.5 Å². The molecular weight excluding hydrogens is 466 g/mol. The molecule has 0 radical (unpaired) electrons. The summed E-state index contributed by atoms with van der Waals surface area (Å²) >= 11 is 0. The van der Waals surface area contributed by atoms with Gasteiger partial charge in [0, 0.05) is 5.69 Å². The number of hydrogen-bond donors (Lipinski definition) is 2. The minimum absolute atomic E-state index is 0.0580. The van der Waals surface area contributed by atoms with Crippen molar-refractivity contribution in [2.24, 2.45) is 5.92 Å². The lowest BCUT2D eigenvalue weighted by molar-refractivity contribution is -0.127. The molecular formula is C26H31N3O5S. The highest BCUT2D eigenvalue weighted by molar-refractivity contribution is 7.89. The third-order valence-corrected chi connectivity index (χ3v) is 6.97. The molecule has 1 heterocycles. The number of carbonyl (C=O) groups is 2. The Morgan fingerprint density at radius 1 is 1.00 bits per heavy atom. The van der Waals surface area contributed by atoms with Crippen LogP contribution in [0.5, 0.6) is 0 Å². The first kappa shape index (κ1) is 26.2. The average Bonchev–Trinajstić information content (AvgIpc) is 3.35. The Morgan fingerprint density at radius 2 is 1.71 bits per heavy atom. The molecule has 0 saturated heterocycles. The van der Waals surface area contributed by atoms with Gasteiger partial charge in [-0.05, 0) is 61.2 Å². The fourth-order valence-corrected chi connectivity index (χ4v) is 4.75. The van der Waals surface area contributed by atoms with E-state index in [1.807, 2.05) is 45.9 Å². The van der Waals surface area contributed by atoms with Crippen LogP contribution in [0.3, 0.4) is 0 Å². The zero-order valence-corrected chi connectivity index (χ0v) is 21.1. The smallest absolute Gasteiger partial charge is 0.243 e. The summed E-state index contributed by atoms with van der Waals surface area (Å²) in [6.07, 6.45) is 1.52. The number of nitrogens with zero attached hydrogens (tertiary/aromatic N) is 1. The van der Waals surface area contributed by atoms with Crippen LogP contribution < -0.4 is 14.9 Å². The Bertz CT molecular complexity index is 1260. The second-order valence-corrected chi connectivity index (χ2v) is 10.4. The molecule has 186 valence electrons. The first-order chi connectivity index (χ1) is 16.6. The molecule has 2 N–H and O–H groups in total. The molecule has 1 atom stereocenters. The van der Waals surface area contributed by atoms with Crippen LogP contribution in [0.15, 0.2) is 76.2 Å². The van der Waals surface area contributed by atoms with Crippen LogP contribution in [-0.2, 0) is 26.2 Å². The zero-order chi connectivity index (χ0) is 25.6. The first-order valence-electron chi connectivity index (χ1n) is 11.3. The van der Waals surface area contributed by atoms with Crippen LogP contribution in [0.4, 0.5) is 5.69 Å². The lowest BCUT2D eigenvalue weighted by Crippen LogP contribution is -2.55. The van der Waals surface area contributed by atoms with Crippen LogP contribution >= 0.6 is 0 Å². The molecule has 8 nitrogen and oxygen atoms in total. The first-order valence-corrected chi connectivity index (χ1v) is 12.8. The van der Waals surface area contributed by atoms with Crippen molar-refractivity contribution in [3.63, 3.8) is 0 Å². The quantitative estimate of drug-likeness (QED) is 0.445. The molecule has 0 spiro atoms. The third kappa shape index (κ3) is 6.58. The van der Waals surface area contributed by atoms with E-state index < -0.39 is 28.5 Å². The molecule has 3 rings (SSSR count). The molecule has 0 saturated carbocycles. The van der Waals surface area contributed by atoms with E-state index in [1.54, 1.807) is 30.3 Å². The van der Waals surface area contributed by atoms with Crippen molar-refractivity contribution in [1.29, 1.82) is 0 Å². The van der Waals surface area contributed by atoms with Crippen molar-refractivity contribution in [2.75, 3.05) is 11.4 Å². The van der Waals surface area contributed by atoms with Crippen LogP contribution in [0.2, 0.25) is 0 Å².